The molecule has 2 unspecified atom stereocenters. The van der Waals surface area contributed by atoms with Crippen molar-refractivity contribution < 1.29 is 16.8 Å². The molecule has 0 aromatic heterocycles. The van der Waals surface area contributed by atoms with Crippen LogP contribution in [0.15, 0.2) is 49.2 Å². The summed E-state index contributed by atoms with van der Waals surface area (Å²) >= 11 is 0. The van der Waals surface area contributed by atoms with Crippen molar-refractivity contribution in [2.45, 2.75) is 12.8 Å². The molecule has 0 N–H and O–H groups in total. The molecule has 0 aromatic carbocycles. The van der Waals surface area contributed by atoms with Crippen molar-refractivity contribution in [3.63, 3.8) is 0 Å². The van der Waals surface area contributed by atoms with Crippen molar-refractivity contribution >= 4 is 22.9 Å². The van der Waals surface area contributed by atoms with Crippen LogP contribution in [0, 0.1) is 12.1 Å². The van der Waals surface area contributed by atoms with Gasteiger partial charge in [0.05, 0.1) is 5.66 Å². The number of hydrogen-bond acceptors (Lipinski definition) is 3. The largest absolute Gasteiger partial charge is 0.421 e. The minimum absolute atomic E-state index is 0.0272. The van der Waals surface area contributed by atoms with Gasteiger partial charge in [0.25, 0.3) is 15.0 Å². The van der Waals surface area contributed by atoms with Gasteiger partial charge in [0.2, 0.25) is 0 Å². The molecule has 3 rings (SSSR count). The molecule has 1 aliphatic heterocycles. The van der Waals surface area contributed by atoms with Gasteiger partial charge in [-0.05, 0) is 19.3 Å². The summed E-state index contributed by atoms with van der Waals surface area (Å²) in [6, 6.07) is 0. The van der Waals surface area contributed by atoms with Crippen LogP contribution in [0.2, 0.25) is 0 Å². The number of halogens is 4. The second-order valence-corrected chi connectivity index (χ2v) is 10.6. The standard InChI is InChI=1S/C10H10F4N3P3/c11-18(9-5-1-2-6-9)15-19(12,10-7-3-4-8-10)17-20(13,14)16-18/h1-3,5,7-8H,4,6H2. The van der Waals surface area contributed by atoms with Crippen molar-refractivity contribution in [3.8, 4) is 0 Å². The van der Waals surface area contributed by atoms with Gasteiger partial charge in [0, 0.05) is 5.31 Å². The Bertz CT molecular complexity index is 701. The number of rotatable bonds is 2. The van der Waals surface area contributed by atoms with E-state index in [4.69, 9.17) is 0 Å². The zero-order chi connectivity index (χ0) is 14.4. The third-order valence-corrected chi connectivity index (χ3v) is 10.5. The van der Waals surface area contributed by atoms with Crippen LogP contribution in [0.5, 0.6) is 0 Å². The normalized spacial score (nSPS) is 39.1. The molecule has 0 aromatic rings. The first-order chi connectivity index (χ1) is 9.33. The fourth-order valence-electron chi connectivity index (χ4n) is 2.02. The molecule has 3 nitrogen and oxygen atoms in total. The van der Waals surface area contributed by atoms with E-state index in [2.05, 4.69) is 13.5 Å². The zero-order valence-electron chi connectivity index (χ0n) is 10.1. The quantitative estimate of drug-likeness (QED) is 0.370. The van der Waals surface area contributed by atoms with Crippen molar-refractivity contribution in [1.29, 1.82) is 0 Å². The fourth-order valence-corrected chi connectivity index (χ4v) is 9.94. The molecule has 108 valence electrons. The van der Waals surface area contributed by atoms with Crippen LogP contribution < -0.4 is 0 Å². The molecule has 0 spiro atoms. The van der Waals surface area contributed by atoms with Crippen LogP contribution in [0.1, 0.15) is 12.8 Å². The second kappa shape index (κ2) is 4.83. The molecule has 1 heterocycles. The number of nitrogens with zero attached hydrogens (tertiary/aromatic N) is 3. The van der Waals surface area contributed by atoms with Gasteiger partial charge < -0.3 is 0 Å². The van der Waals surface area contributed by atoms with E-state index in [0.29, 0.717) is 6.42 Å². The molecule has 0 amide bonds. The highest BCUT2D eigenvalue weighted by molar-refractivity contribution is 7.83. The molecular weight excluding hydrogens is 331 g/mol. The highest BCUT2D eigenvalue weighted by Crippen LogP contribution is 2.86. The van der Waals surface area contributed by atoms with Crippen LogP contribution >= 0.6 is 22.9 Å². The van der Waals surface area contributed by atoms with E-state index in [1.54, 1.807) is 12.2 Å². The Balaban J connectivity index is 2.17. The maximum absolute atomic E-state index is 14.8. The average molecular weight is 341 g/mol. The van der Waals surface area contributed by atoms with Crippen LogP contribution in [0.3, 0.4) is 0 Å². The molecule has 0 bridgehead atoms. The minimum Gasteiger partial charge on any atom is -0.182 e. The van der Waals surface area contributed by atoms with E-state index < -0.39 is 22.9 Å². The smallest absolute Gasteiger partial charge is 0.182 e. The van der Waals surface area contributed by atoms with Gasteiger partial charge in [-0.1, -0.05) is 30.4 Å². The Morgan fingerprint density at radius 3 is 2.35 bits per heavy atom. The van der Waals surface area contributed by atoms with Crippen molar-refractivity contribution in [3.05, 3.63) is 47.8 Å². The topological polar surface area (TPSA) is 37.1 Å². The summed E-state index contributed by atoms with van der Waals surface area (Å²) in [6.45, 7) is 0. The Morgan fingerprint density at radius 2 is 1.75 bits per heavy atom. The van der Waals surface area contributed by atoms with Gasteiger partial charge in [-0.3, -0.25) is 0 Å². The predicted octanol–water partition coefficient (Wildman–Crippen LogP) is 7.43. The molecule has 0 fully saturated rings. The lowest BCUT2D eigenvalue weighted by atomic mass is 10.4. The van der Waals surface area contributed by atoms with Gasteiger partial charge in [0.1, 0.15) is 0 Å². The van der Waals surface area contributed by atoms with Gasteiger partial charge >= 0.3 is 7.83 Å². The molecule has 0 saturated carbocycles. The molecular formula is C10H10F4N3P3. The molecule has 3 aliphatic rings. The maximum atomic E-state index is 14.8. The third-order valence-electron chi connectivity index (χ3n) is 2.89. The highest BCUT2D eigenvalue weighted by Gasteiger charge is 2.44. The van der Waals surface area contributed by atoms with E-state index in [-0.39, 0.29) is 17.4 Å². The van der Waals surface area contributed by atoms with Crippen LogP contribution in [-0.2, 0) is 0 Å². The van der Waals surface area contributed by atoms with Crippen LogP contribution in [0.25, 0.3) is 0 Å². The lowest BCUT2D eigenvalue weighted by molar-refractivity contribution is 0.721. The SMILES string of the molecule is FP1(F)=NP(F)([C]2[CH]CC=C2)=NP(F)(C2=CC=CC2)=N1. The van der Waals surface area contributed by atoms with E-state index in [9.17, 15) is 16.8 Å². The van der Waals surface area contributed by atoms with Gasteiger partial charge in [-0.15, -0.1) is 8.39 Å². The summed E-state index contributed by atoms with van der Waals surface area (Å²) in [7, 11) is -14.0. The maximum Gasteiger partial charge on any atom is 0.421 e. The summed E-state index contributed by atoms with van der Waals surface area (Å²) in [5.74, 6) is 0. The van der Waals surface area contributed by atoms with Crippen molar-refractivity contribution in [2.75, 3.05) is 0 Å². The first-order valence-corrected chi connectivity index (χ1v) is 10.4. The van der Waals surface area contributed by atoms with Gasteiger partial charge in [-0.2, -0.15) is 21.9 Å². The van der Waals surface area contributed by atoms with Crippen LogP contribution in [-0.4, -0.2) is 0 Å². The minimum atomic E-state index is -5.32. The van der Waals surface area contributed by atoms with Gasteiger partial charge in [0.15, 0.2) is 0 Å². The average Bonchev–Trinajstić information content (AvgIpc) is 3.01. The van der Waals surface area contributed by atoms with E-state index in [0.717, 1.165) is 0 Å². The fraction of sp³-hybridized carbons (Fsp3) is 0.200. The first kappa shape index (κ1) is 14.6. The predicted molar refractivity (Wildman–Crippen MR) is 75.6 cm³/mol. The van der Waals surface area contributed by atoms with Crippen molar-refractivity contribution in [1.82, 2.24) is 0 Å². The summed E-state index contributed by atoms with van der Waals surface area (Å²) in [4.78, 5) is 0. The van der Waals surface area contributed by atoms with Crippen LogP contribution in [0.4, 0.5) is 16.8 Å². The summed E-state index contributed by atoms with van der Waals surface area (Å²) in [6.07, 6.45) is 9.47. The van der Waals surface area contributed by atoms with E-state index >= 15 is 0 Å². The lowest BCUT2D eigenvalue weighted by Gasteiger charge is -2.24. The monoisotopic (exact) mass is 341 g/mol. The van der Waals surface area contributed by atoms with E-state index in [1.165, 1.54) is 24.6 Å². The zero-order valence-corrected chi connectivity index (χ0v) is 12.8. The third kappa shape index (κ3) is 2.56. The summed E-state index contributed by atoms with van der Waals surface area (Å²) in [5.41, 5.74) is -0.0272. The second-order valence-electron chi connectivity index (χ2n) is 4.33. The molecule has 2 aliphatic carbocycles. The molecule has 2 atom stereocenters. The Labute approximate surface area is 114 Å². The summed E-state index contributed by atoms with van der Waals surface area (Å²) in [5, 5.41) is 0.0386. The highest BCUT2D eigenvalue weighted by atomic mass is 31.3. The first-order valence-electron chi connectivity index (χ1n) is 5.77. The molecule has 10 heteroatoms. The van der Waals surface area contributed by atoms with Crippen molar-refractivity contribution in [2.24, 2.45) is 13.5 Å². The van der Waals surface area contributed by atoms with Gasteiger partial charge in [-0.25, -0.2) is 0 Å². The Kier molecular flexibility index (Phi) is 3.52. The summed E-state index contributed by atoms with van der Waals surface area (Å²) < 4.78 is 66.3. The lowest BCUT2D eigenvalue weighted by Crippen LogP contribution is -1.90. The number of allylic oxidation sites excluding steroid dienone is 6. The Hall–Kier alpha value is -0.370. The Morgan fingerprint density at radius 1 is 0.950 bits per heavy atom. The molecule has 20 heavy (non-hydrogen) atoms. The molecule has 2 radical (unpaired) electrons. The number of hydrogen-bond donors (Lipinski definition) is 0. The molecule has 0 saturated heterocycles. The van der Waals surface area contributed by atoms with E-state index in [1.807, 2.05) is 0 Å².